The zero-order chi connectivity index (χ0) is 13.9. The van der Waals surface area contributed by atoms with Crippen LogP contribution in [0.4, 0.5) is 0 Å². The summed E-state index contributed by atoms with van der Waals surface area (Å²) in [6.07, 6.45) is 6.44. The average molecular weight is 285 g/mol. The van der Waals surface area contributed by atoms with Gasteiger partial charge in [0.25, 0.3) is 0 Å². The molecule has 0 fully saturated rings. The molecule has 1 aromatic rings. The number of thioether (sulfide) groups is 1. The van der Waals surface area contributed by atoms with Crippen molar-refractivity contribution in [3.8, 4) is 0 Å². The molecule has 0 saturated heterocycles. The summed E-state index contributed by atoms with van der Waals surface area (Å²) in [6, 6.07) is 10.8. The van der Waals surface area contributed by atoms with Crippen LogP contribution in [0.5, 0.6) is 0 Å². The van der Waals surface area contributed by atoms with Crippen molar-refractivity contribution in [2.45, 2.75) is 24.8 Å². The maximum atomic E-state index is 5.82. The topological polar surface area (TPSA) is 21.6 Å². The van der Waals surface area contributed by atoms with Crippen molar-refractivity contribution in [2.24, 2.45) is 16.8 Å². The van der Waals surface area contributed by atoms with Gasteiger partial charge in [0.15, 0.2) is 5.90 Å². The minimum atomic E-state index is 0.198. The van der Waals surface area contributed by atoms with E-state index in [4.69, 9.17) is 9.73 Å². The largest absolute Gasteiger partial charge is 0.478 e. The fraction of sp³-hybridized carbons (Fsp3) is 0.353. The van der Waals surface area contributed by atoms with Gasteiger partial charge in [-0.2, -0.15) is 0 Å². The fourth-order valence-corrected chi connectivity index (χ4v) is 3.32. The van der Waals surface area contributed by atoms with Gasteiger partial charge in [-0.3, -0.25) is 0 Å². The van der Waals surface area contributed by atoms with Crippen LogP contribution in [-0.2, 0) is 4.74 Å². The molecule has 104 valence electrons. The number of rotatable bonds is 4. The Morgan fingerprint density at radius 1 is 1.25 bits per heavy atom. The van der Waals surface area contributed by atoms with Crippen LogP contribution in [-0.4, -0.2) is 18.5 Å². The van der Waals surface area contributed by atoms with Crippen LogP contribution >= 0.6 is 11.8 Å². The number of aliphatic imine (C=N–C) groups is 1. The molecule has 0 amide bonds. The molecule has 0 spiro atoms. The number of hydrogen-bond acceptors (Lipinski definition) is 3. The molecule has 1 aliphatic carbocycles. The van der Waals surface area contributed by atoms with Gasteiger partial charge in [0.1, 0.15) is 6.61 Å². The first-order valence-corrected chi connectivity index (χ1v) is 7.87. The molecule has 1 heterocycles. The van der Waals surface area contributed by atoms with Crippen LogP contribution in [0.25, 0.3) is 0 Å². The third kappa shape index (κ3) is 2.83. The highest BCUT2D eigenvalue weighted by atomic mass is 32.2. The second kappa shape index (κ2) is 5.88. The van der Waals surface area contributed by atoms with Crippen LogP contribution in [0.2, 0.25) is 0 Å². The SMILES string of the molecule is CC(C)[C@H]1COC(C2C=CC=C2Sc2ccccc2)=N1. The molecule has 3 heteroatoms. The highest BCUT2D eigenvalue weighted by Crippen LogP contribution is 2.37. The summed E-state index contributed by atoms with van der Waals surface area (Å²) >= 11 is 1.79. The van der Waals surface area contributed by atoms with E-state index in [1.165, 1.54) is 9.80 Å². The summed E-state index contributed by atoms with van der Waals surface area (Å²) in [5, 5.41) is 0. The molecular weight excluding hydrogens is 266 g/mol. The maximum Gasteiger partial charge on any atom is 0.195 e. The molecule has 1 unspecified atom stereocenters. The van der Waals surface area contributed by atoms with E-state index in [0.717, 1.165) is 12.5 Å². The quantitative estimate of drug-likeness (QED) is 0.822. The van der Waals surface area contributed by atoms with E-state index in [9.17, 15) is 0 Å². The maximum absolute atomic E-state index is 5.82. The van der Waals surface area contributed by atoms with Gasteiger partial charge in [0.2, 0.25) is 0 Å². The molecule has 0 radical (unpaired) electrons. The Hall–Kier alpha value is -1.48. The summed E-state index contributed by atoms with van der Waals surface area (Å²) in [4.78, 5) is 7.30. The van der Waals surface area contributed by atoms with Crippen molar-refractivity contribution in [3.63, 3.8) is 0 Å². The monoisotopic (exact) mass is 285 g/mol. The summed E-state index contributed by atoms with van der Waals surface area (Å²) in [7, 11) is 0. The van der Waals surface area contributed by atoms with E-state index in [2.05, 4.69) is 56.3 Å². The molecule has 2 atom stereocenters. The lowest BCUT2D eigenvalue weighted by Gasteiger charge is -2.13. The van der Waals surface area contributed by atoms with Crippen LogP contribution in [0.15, 0.2) is 63.4 Å². The van der Waals surface area contributed by atoms with Gasteiger partial charge in [-0.15, -0.1) is 0 Å². The van der Waals surface area contributed by atoms with Crippen LogP contribution in [0, 0.1) is 11.8 Å². The zero-order valence-corrected chi connectivity index (χ0v) is 12.6. The van der Waals surface area contributed by atoms with Gasteiger partial charge in [0.05, 0.1) is 12.0 Å². The Morgan fingerprint density at radius 2 is 2.05 bits per heavy atom. The molecular formula is C17H19NOS. The lowest BCUT2D eigenvalue weighted by atomic mass is 10.1. The molecule has 0 bridgehead atoms. The van der Waals surface area contributed by atoms with Crippen LogP contribution in [0.3, 0.4) is 0 Å². The van der Waals surface area contributed by atoms with E-state index in [1.54, 1.807) is 11.8 Å². The minimum Gasteiger partial charge on any atom is -0.478 e. The van der Waals surface area contributed by atoms with E-state index in [1.807, 2.05) is 6.07 Å². The second-order valence-corrected chi connectivity index (χ2v) is 6.58. The molecule has 3 rings (SSSR count). The third-order valence-electron chi connectivity index (χ3n) is 3.58. The number of nitrogens with zero attached hydrogens (tertiary/aromatic N) is 1. The van der Waals surface area contributed by atoms with Crippen molar-refractivity contribution >= 4 is 17.7 Å². The molecule has 2 nitrogen and oxygen atoms in total. The van der Waals surface area contributed by atoms with Gasteiger partial charge < -0.3 is 4.74 Å². The molecule has 0 aromatic heterocycles. The van der Waals surface area contributed by atoms with Gasteiger partial charge in [0, 0.05) is 9.80 Å². The van der Waals surface area contributed by atoms with Gasteiger partial charge in [-0.25, -0.2) is 4.99 Å². The number of benzene rings is 1. The highest BCUT2D eigenvalue weighted by Gasteiger charge is 2.30. The van der Waals surface area contributed by atoms with Gasteiger partial charge >= 0.3 is 0 Å². The number of ether oxygens (including phenoxy) is 1. The normalized spacial score (nSPS) is 24.8. The number of allylic oxidation sites excluding steroid dienone is 2. The molecule has 0 saturated carbocycles. The molecule has 1 aliphatic heterocycles. The first kappa shape index (κ1) is 13.5. The molecule has 1 aromatic carbocycles. The predicted octanol–water partition coefficient (Wildman–Crippen LogP) is 4.30. The van der Waals surface area contributed by atoms with Crippen LogP contribution in [0.1, 0.15) is 13.8 Å². The molecule has 2 aliphatic rings. The van der Waals surface area contributed by atoms with E-state index < -0.39 is 0 Å². The third-order valence-corrected chi connectivity index (χ3v) is 4.71. The summed E-state index contributed by atoms with van der Waals surface area (Å²) < 4.78 is 5.82. The van der Waals surface area contributed by atoms with E-state index in [-0.39, 0.29) is 5.92 Å². The van der Waals surface area contributed by atoms with Crippen LogP contribution < -0.4 is 0 Å². The summed E-state index contributed by atoms with van der Waals surface area (Å²) in [6.45, 7) is 5.11. The fourth-order valence-electron chi connectivity index (χ4n) is 2.31. The van der Waals surface area contributed by atoms with E-state index in [0.29, 0.717) is 12.0 Å². The van der Waals surface area contributed by atoms with Gasteiger partial charge in [-0.05, 0) is 18.1 Å². The molecule has 20 heavy (non-hydrogen) atoms. The van der Waals surface area contributed by atoms with Gasteiger partial charge in [-0.1, -0.05) is 62.0 Å². The minimum absolute atomic E-state index is 0.198. The Labute approximate surface area is 124 Å². The number of hydrogen-bond donors (Lipinski definition) is 0. The summed E-state index contributed by atoms with van der Waals surface area (Å²) in [5.41, 5.74) is 0. The standard InChI is InChI=1S/C17H19NOS/c1-12(2)15-11-19-17(18-15)14-9-6-10-16(14)20-13-7-4-3-5-8-13/h3-10,12,14-15H,11H2,1-2H3/t14?,15-/m1/s1. The Balaban J connectivity index is 1.73. The summed E-state index contributed by atoms with van der Waals surface area (Å²) in [5.74, 6) is 1.61. The predicted molar refractivity (Wildman–Crippen MR) is 85.0 cm³/mol. The Morgan fingerprint density at radius 3 is 2.75 bits per heavy atom. The van der Waals surface area contributed by atoms with Crippen molar-refractivity contribution < 1.29 is 4.74 Å². The second-order valence-electron chi connectivity index (χ2n) is 5.44. The van der Waals surface area contributed by atoms with Crippen molar-refractivity contribution in [1.82, 2.24) is 0 Å². The smallest absolute Gasteiger partial charge is 0.195 e. The highest BCUT2D eigenvalue weighted by molar-refractivity contribution is 8.03. The van der Waals surface area contributed by atoms with E-state index >= 15 is 0 Å². The van der Waals surface area contributed by atoms with Crippen molar-refractivity contribution in [3.05, 3.63) is 53.5 Å². The first-order chi connectivity index (χ1) is 9.74. The Bertz CT molecular complexity index is 560. The lowest BCUT2D eigenvalue weighted by molar-refractivity contribution is 0.284. The Kier molecular flexibility index (Phi) is 3.97. The van der Waals surface area contributed by atoms with Crippen molar-refractivity contribution in [1.29, 1.82) is 0 Å². The average Bonchev–Trinajstić information content (AvgIpc) is 3.08. The lowest BCUT2D eigenvalue weighted by Crippen LogP contribution is -2.13. The zero-order valence-electron chi connectivity index (χ0n) is 11.8. The van der Waals surface area contributed by atoms with Crippen molar-refractivity contribution in [2.75, 3.05) is 6.61 Å². The first-order valence-electron chi connectivity index (χ1n) is 7.06. The molecule has 0 N–H and O–H groups in total.